The smallest absolute Gasteiger partial charge is 0.243 e. The van der Waals surface area contributed by atoms with Crippen LogP contribution in [0, 0.1) is 5.82 Å². The molecule has 0 aliphatic carbocycles. The van der Waals surface area contributed by atoms with Gasteiger partial charge in [0.15, 0.2) is 5.11 Å². The van der Waals surface area contributed by atoms with Crippen LogP contribution in [0.4, 0.5) is 10.1 Å². The van der Waals surface area contributed by atoms with E-state index in [0.717, 1.165) is 20.1 Å². The lowest BCUT2D eigenvalue weighted by atomic mass is 10.2. The summed E-state index contributed by atoms with van der Waals surface area (Å²) in [6.45, 7) is 0.732. The Morgan fingerprint density at radius 2 is 1.58 bits per heavy atom. The van der Waals surface area contributed by atoms with E-state index in [1.807, 2.05) is 30.3 Å². The molecule has 0 unspecified atom stereocenters. The highest BCUT2D eigenvalue weighted by atomic mass is 79.9. The fourth-order valence-corrected chi connectivity index (χ4v) is 6.35. The Bertz CT molecular complexity index is 1500. The van der Waals surface area contributed by atoms with Gasteiger partial charge in [-0.25, -0.2) is 12.8 Å². The van der Waals surface area contributed by atoms with E-state index >= 15 is 0 Å². The normalized spacial score (nSPS) is 11.4. The van der Waals surface area contributed by atoms with Gasteiger partial charge in [0.05, 0.1) is 4.90 Å². The third kappa shape index (κ3) is 7.67. The minimum Gasteiger partial charge on any atom is -0.358 e. The Morgan fingerprint density at radius 3 is 2.24 bits per heavy atom. The van der Waals surface area contributed by atoms with E-state index < -0.39 is 10.0 Å². The van der Waals surface area contributed by atoms with E-state index in [2.05, 4.69) is 47.5 Å². The summed E-state index contributed by atoms with van der Waals surface area (Å²) in [6.07, 6.45) is 3.42. The fourth-order valence-electron chi connectivity index (χ4n) is 3.58. The molecule has 0 aliphatic rings. The van der Waals surface area contributed by atoms with Gasteiger partial charge in [-0.2, -0.15) is 4.31 Å². The molecule has 0 bridgehead atoms. The fraction of sp³-hybridized carbons (Fsp3) is 0.111. The summed E-state index contributed by atoms with van der Waals surface area (Å²) >= 11 is 12.3. The number of thiocarbonyl (C=S) groups is 1. The molecule has 4 rings (SSSR count). The summed E-state index contributed by atoms with van der Waals surface area (Å²) < 4.78 is 44.0. The van der Waals surface area contributed by atoms with Gasteiger partial charge in [0.25, 0.3) is 0 Å². The van der Waals surface area contributed by atoms with Crippen molar-refractivity contribution in [2.75, 3.05) is 5.32 Å². The van der Waals surface area contributed by atoms with E-state index in [4.69, 9.17) is 12.2 Å². The number of aromatic nitrogens is 1. The van der Waals surface area contributed by atoms with E-state index in [1.165, 1.54) is 28.6 Å². The van der Waals surface area contributed by atoms with E-state index in [-0.39, 0.29) is 23.8 Å². The lowest BCUT2D eigenvalue weighted by Crippen LogP contribution is -2.30. The second kappa shape index (κ2) is 12.9. The first kappa shape index (κ1) is 28.3. The molecule has 6 nitrogen and oxygen atoms in total. The summed E-state index contributed by atoms with van der Waals surface area (Å²) in [5, 5.41) is 6.59. The summed E-state index contributed by atoms with van der Waals surface area (Å²) in [6, 6.07) is 21.6. The summed E-state index contributed by atoms with van der Waals surface area (Å²) in [7, 11) is -3.90. The maximum Gasteiger partial charge on any atom is 0.243 e. The molecule has 0 saturated carbocycles. The number of hydrogen-bond acceptors (Lipinski definition) is 4. The lowest BCUT2D eigenvalue weighted by Gasteiger charge is -2.23. The predicted molar refractivity (Wildman–Crippen MR) is 158 cm³/mol. The summed E-state index contributed by atoms with van der Waals surface area (Å²) in [4.78, 5) is 4.12. The van der Waals surface area contributed by atoms with Crippen molar-refractivity contribution in [2.45, 2.75) is 24.5 Å². The van der Waals surface area contributed by atoms with Gasteiger partial charge in [-0.15, -0.1) is 0 Å². The zero-order chi connectivity index (χ0) is 27.1. The number of pyridine rings is 1. The van der Waals surface area contributed by atoms with Crippen molar-refractivity contribution in [3.8, 4) is 0 Å². The second-order valence-electron chi connectivity index (χ2n) is 8.32. The molecule has 2 N–H and O–H groups in total. The zero-order valence-electron chi connectivity index (χ0n) is 19.9. The number of rotatable bonds is 9. The highest BCUT2D eigenvalue weighted by Gasteiger charge is 2.26. The van der Waals surface area contributed by atoms with Gasteiger partial charge in [-0.1, -0.05) is 50.1 Å². The highest BCUT2D eigenvalue weighted by Crippen LogP contribution is 2.27. The van der Waals surface area contributed by atoms with Crippen LogP contribution in [0.1, 0.15) is 16.7 Å². The summed E-state index contributed by atoms with van der Waals surface area (Å²) in [5.41, 5.74) is 3.15. The monoisotopic (exact) mass is 676 g/mol. The van der Waals surface area contributed by atoms with Gasteiger partial charge >= 0.3 is 0 Å². The molecule has 0 saturated heterocycles. The predicted octanol–water partition coefficient (Wildman–Crippen LogP) is 6.62. The topological polar surface area (TPSA) is 74.3 Å². The molecule has 4 aromatic rings. The van der Waals surface area contributed by atoms with Gasteiger partial charge in [0.2, 0.25) is 10.0 Å². The zero-order valence-corrected chi connectivity index (χ0v) is 24.7. The second-order valence-corrected chi connectivity index (χ2v) is 12.4. The molecule has 0 spiro atoms. The molecule has 196 valence electrons. The minimum atomic E-state index is -3.90. The van der Waals surface area contributed by atoms with Crippen molar-refractivity contribution >= 4 is 64.9 Å². The van der Waals surface area contributed by atoms with Gasteiger partial charge < -0.3 is 10.6 Å². The van der Waals surface area contributed by atoms with Gasteiger partial charge in [-0.05, 0) is 89.6 Å². The maximum atomic E-state index is 13.7. The number of anilines is 1. The first-order valence-corrected chi connectivity index (χ1v) is 14.9. The standard InChI is InChI=1S/C27H23Br2FN4O2S2/c28-22-4-3-21(26(29)15-22)18-34(17-20-1-5-23(30)6-2-20)38(35,36)25-9-7-24(8-10-25)33-27(37)32-16-19-11-13-31-14-12-19/h1-15H,16-18H2,(H2,32,33,37). The highest BCUT2D eigenvalue weighted by molar-refractivity contribution is 9.11. The number of benzene rings is 3. The molecule has 38 heavy (non-hydrogen) atoms. The Hall–Kier alpha value is -2.70. The quantitative estimate of drug-likeness (QED) is 0.194. The van der Waals surface area contributed by atoms with Crippen LogP contribution in [0.3, 0.4) is 0 Å². The maximum absolute atomic E-state index is 13.7. The van der Waals surface area contributed by atoms with Crippen molar-refractivity contribution in [2.24, 2.45) is 0 Å². The third-order valence-electron chi connectivity index (χ3n) is 5.59. The minimum absolute atomic E-state index is 0.0775. The van der Waals surface area contributed by atoms with Crippen LogP contribution in [0.25, 0.3) is 0 Å². The van der Waals surface area contributed by atoms with Crippen LogP contribution in [-0.2, 0) is 29.7 Å². The first-order chi connectivity index (χ1) is 18.2. The van der Waals surface area contributed by atoms with E-state index in [1.54, 1.807) is 36.7 Å². The molecular weight excluding hydrogens is 655 g/mol. The molecule has 0 fully saturated rings. The van der Waals surface area contributed by atoms with Crippen LogP contribution in [0.5, 0.6) is 0 Å². The SMILES string of the molecule is O=S(=O)(c1ccc(NC(=S)NCc2ccncc2)cc1)N(Cc1ccc(F)cc1)Cc1ccc(Br)cc1Br. The lowest BCUT2D eigenvalue weighted by molar-refractivity contribution is 0.400. The Labute approximate surface area is 243 Å². The third-order valence-corrected chi connectivity index (χ3v) is 8.87. The Kier molecular flexibility index (Phi) is 9.61. The van der Waals surface area contributed by atoms with Crippen molar-refractivity contribution in [1.82, 2.24) is 14.6 Å². The first-order valence-electron chi connectivity index (χ1n) is 11.4. The number of hydrogen-bond donors (Lipinski definition) is 2. The summed E-state index contributed by atoms with van der Waals surface area (Å²) in [5.74, 6) is -0.380. The molecule has 0 amide bonds. The van der Waals surface area contributed by atoms with Crippen molar-refractivity contribution in [3.63, 3.8) is 0 Å². The van der Waals surface area contributed by atoms with Crippen molar-refractivity contribution in [3.05, 3.63) is 123 Å². The molecular formula is C27H23Br2FN4O2S2. The van der Waals surface area contributed by atoms with Crippen LogP contribution in [0.15, 0.2) is 105 Å². The van der Waals surface area contributed by atoms with Crippen LogP contribution in [0.2, 0.25) is 0 Å². The molecule has 0 aliphatic heterocycles. The van der Waals surface area contributed by atoms with Gasteiger partial charge in [0, 0.05) is 46.7 Å². The largest absolute Gasteiger partial charge is 0.358 e. The van der Waals surface area contributed by atoms with Crippen molar-refractivity contribution < 1.29 is 12.8 Å². The Balaban J connectivity index is 1.51. The molecule has 3 aromatic carbocycles. The van der Waals surface area contributed by atoms with Crippen molar-refractivity contribution in [1.29, 1.82) is 0 Å². The number of nitrogens with zero attached hydrogens (tertiary/aromatic N) is 2. The van der Waals surface area contributed by atoms with Crippen LogP contribution < -0.4 is 10.6 Å². The van der Waals surface area contributed by atoms with Crippen LogP contribution >= 0.6 is 44.1 Å². The Morgan fingerprint density at radius 1 is 0.895 bits per heavy atom. The molecule has 0 atom stereocenters. The van der Waals surface area contributed by atoms with Gasteiger partial charge in [0.1, 0.15) is 5.82 Å². The van der Waals surface area contributed by atoms with E-state index in [0.29, 0.717) is 22.9 Å². The average Bonchev–Trinajstić information content (AvgIpc) is 2.90. The average molecular weight is 678 g/mol. The molecule has 0 radical (unpaired) electrons. The molecule has 1 heterocycles. The number of sulfonamides is 1. The number of nitrogens with one attached hydrogen (secondary N) is 2. The van der Waals surface area contributed by atoms with Gasteiger partial charge in [-0.3, -0.25) is 4.98 Å². The van der Waals surface area contributed by atoms with E-state index in [9.17, 15) is 12.8 Å². The molecule has 1 aromatic heterocycles. The number of halogens is 3. The van der Waals surface area contributed by atoms with Crippen LogP contribution in [-0.4, -0.2) is 22.8 Å². The molecule has 11 heteroatoms.